The highest BCUT2D eigenvalue weighted by Crippen LogP contribution is 2.20. The van der Waals surface area contributed by atoms with Gasteiger partial charge in [-0.1, -0.05) is 6.07 Å². The molecule has 1 amide bonds. The van der Waals surface area contributed by atoms with E-state index >= 15 is 0 Å². The van der Waals surface area contributed by atoms with Crippen molar-refractivity contribution in [2.45, 2.75) is 18.9 Å². The van der Waals surface area contributed by atoms with Crippen LogP contribution in [-0.2, 0) is 4.74 Å². The third-order valence-electron chi connectivity index (χ3n) is 3.35. The SMILES string of the molecule is O=C(Nc1cccc(OCC2CCCO2)c1)c1cnccn1. The van der Waals surface area contributed by atoms with Gasteiger partial charge in [-0.3, -0.25) is 9.78 Å². The minimum absolute atomic E-state index is 0.165. The van der Waals surface area contributed by atoms with Gasteiger partial charge in [0.05, 0.1) is 12.3 Å². The van der Waals surface area contributed by atoms with Gasteiger partial charge in [-0.2, -0.15) is 0 Å². The van der Waals surface area contributed by atoms with Gasteiger partial charge in [0, 0.05) is 30.8 Å². The fourth-order valence-corrected chi connectivity index (χ4v) is 2.24. The van der Waals surface area contributed by atoms with Gasteiger partial charge in [0.25, 0.3) is 5.91 Å². The number of ether oxygens (including phenoxy) is 2. The van der Waals surface area contributed by atoms with Crippen molar-refractivity contribution in [3.05, 3.63) is 48.5 Å². The van der Waals surface area contributed by atoms with Gasteiger partial charge in [-0.15, -0.1) is 0 Å². The smallest absolute Gasteiger partial charge is 0.275 e. The summed E-state index contributed by atoms with van der Waals surface area (Å²) in [5.74, 6) is 0.400. The average molecular weight is 299 g/mol. The number of anilines is 1. The molecule has 1 aromatic heterocycles. The molecule has 22 heavy (non-hydrogen) atoms. The maximum Gasteiger partial charge on any atom is 0.275 e. The molecule has 0 bridgehead atoms. The summed E-state index contributed by atoms with van der Waals surface area (Å²) in [6, 6.07) is 7.26. The van der Waals surface area contributed by atoms with Crippen LogP contribution in [0.15, 0.2) is 42.9 Å². The van der Waals surface area contributed by atoms with E-state index in [1.54, 1.807) is 12.1 Å². The van der Waals surface area contributed by atoms with E-state index in [0.29, 0.717) is 18.0 Å². The van der Waals surface area contributed by atoms with E-state index in [9.17, 15) is 4.79 Å². The van der Waals surface area contributed by atoms with Gasteiger partial charge in [0.15, 0.2) is 0 Å². The third kappa shape index (κ3) is 3.79. The molecule has 1 atom stereocenters. The molecule has 1 saturated heterocycles. The lowest BCUT2D eigenvalue weighted by Crippen LogP contribution is -2.16. The highest BCUT2D eigenvalue weighted by atomic mass is 16.5. The van der Waals surface area contributed by atoms with Crippen LogP contribution in [0.3, 0.4) is 0 Å². The summed E-state index contributed by atoms with van der Waals surface area (Å²) in [5.41, 5.74) is 0.925. The van der Waals surface area contributed by atoms with Crippen LogP contribution in [-0.4, -0.2) is 35.2 Å². The first kappa shape index (κ1) is 14.5. The van der Waals surface area contributed by atoms with Crippen molar-refractivity contribution in [1.29, 1.82) is 0 Å². The summed E-state index contributed by atoms with van der Waals surface area (Å²) in [6.07, 6.45) is 6.71. The fraction of sp³-hybridized carbons (Fsp3) is 0.312. The standard InChI is InChI=1S/C16H17N3O3/c20-16(15-10-17-6-7-18-15)19-12-3-1-4-13(9-12)22-11-14-5-2-8-21-14/h1,3-4,6-7,9-10,14H,2,5,8,11H2,(H,19,20). The third-order valence-corrected chi connectivity index (χ3v) is 3.35. The van der Waals surface area contributed by atoms with Crippen molar-refractivity contribution >= 4 is 11.6 Å². The summed E-state index contributed by atoms with van der Waals surface area (Å²) in [4.78, 5) is 19.9. The molecule has 1 aliphatic heterocycles. The van der Waals surface area contributed by atoms with E-state index in [0.717, 1.165) is 19.4 Å². The minimum atomic E-state index is -0.302. The molecule has 1 N–H and O–H groups in total. The van der Waals surface area contributed by atoms with Crippen molar-refractivity contribution < 1.29 is 14.3 Å². The predicted octanol–water partition coefficient (Wildman–Crippen LogP) is 2.29. The molecule has 1 aromatic carbocycles. The lowest BCUT2D eigenvalue weighted by molar-refractivity contribution is 0.0680. The zero-order chi connectivity index (χ0) is 15.2. The summed E-state index contributed by atoms with van der Waals surface area (Å²) in [6.45, 7) is 1.34. The van der Waals surface area contributed by atoms with Crippen LogP contribution in [0.4, 0.5) is 5.69 Å². The van der Waals surface area contributed by atoms with Crippen LogP contribution in [0.5, 0.6) is 5.75 Å². The Bertz CT molecular complexity index is 628. The van der Waals surface area contributed by atoms with Crippen molar-refractivity contribution in [3.8, 4) is 5.75 Å². The molecule has 6 nitrogen and oxygen atoms in total. The maximum absolute atomic E-state index is 12.0. The second-order valence-electron chi connectivity index (χ2n) is 5.02. The molecule has 1 unspecified atom stereocenters. The number of amides is 1. The highest BCUT2D eigenvalue weighted by molar-refractivity contribution is 6.02. The number of hydrogen-bond acceptors (Lipinski definition) is 5. The Morgan fingerprint density at radius 3 is 3.14 bits per heavy atom. The Morgan fingerprint density at radius 1 is 1.41 bits per heavy atom. The van der Waals surface area contributed by atoms with Gasteiger partial charge < -0.3 is 14.8 Å². The maximum atomic E-state index is 12.0. The first-order valence-electron chi connectivity index (χ1n) is 7.23. The second kappa shape index (κ2) is 7.00. The number of rotatable bonds is 5. The monoisotopic (exact) mass is 299 g/mol. The second-order valence-corrected chi connectivity index (χ2v) is 5.02. The number of aromatic nitrogens is 2. The van der Waals surface area contributed by atoms with Crippen LogP contribution in [0.2, 0.25) is 0 Å². The van der Waals surface area contributed by atoms with Gasteiger partial charge in [-0.25, -0.2) is 4.98 Å². The van der Waals surface area contributed by atoms with Crippen molar-refractivity contribution in [3.63, 3.8) is 0 Å². The number of carbonyl (C=O) groups excluding carboxylic acids is 1. The molecule has 3 rings (SSSR count). The molecule has 0 radical (unpaired) electrons. The van der Waals surface area contributed by atoms with E-state index in [1.807, 2.05) is 12.1 Å². The van der Waals surface area contributed by atoms with Crippen LogP contribution in [0, 0.1) is 0 Å². The van der Waals surface area contributed by atoms with Crippen molar-refractivity contribution in [2.24, 2.45) is 0 Å². The van der Waals surface area contributed by atoms with E-state index < -0.39 is 0 Å². The van der Waals surface area contributed by atoms with E-state index in [2.05, 4.69) is 15.3 Å². The first-order valence-corrected chi connectivity index (χ1v) is 7.23. The molecule has 2 heterocycles. The largest absolute Gasteiger partial charge is 0.491 e. The minimum Gasteiger partial charge on any atom is -0.491 e. The Balaban J connectivity index is 1.59. The molecule has 0 spiro atoms. The summed E-state index contributed by atoms with van der Waals surface area (Å²) in [7, 11) is 0. The molecule has 114 valence electrons. The van der Waals surface area contributed by atoms with Crippen molar-refractivity contribution in [1.82, 2.24) is 9.97 Å². The number of carbonyl (C=O) groups is 1. The quantitative estimate of drug-likeness (QED) is 0.917. The molecule has 1 aliphatic rings. The predicted molar refractivity (Wildman–Crippen MR) is 80.9 cm³/mol. The van der Waals surface area contributed by atoms with Gasteiger partial charge in [0.2, 0.25) is 0 Å². The summed E-state index contributed by atoms with van der Waals surface area (Å²) in [5, 5.41) is 2.77. The first-order chi connectivity index (χ1) is 10.8. The fourth-order valence-electron chi connectivity index (χ4n) is 2.24. The lowest BCUT2D eigenvalue weighted by Gasteiger charge is -2.12. The summed E-state index contributed by atoms with van der Waals surface area (Å²) < 4.78 is 11.2. The van der Waals surface area contributed by atoms with E-state index in [1.165, 1.54) is 18.6 Å². The Morgan fingerprint density at radius 2 is 2.36 bits per heavy atom. The molecule has 1 fully saturated rings. The zero-order valence-corrected chi connectivity index (χ0v) is 12.1. The molecule has 0 aliphatic carbocycles. The topological polar surface area (TPSA) is 73.3 Å². The number of nitrogens with one attached hydrogen (secondary N) is 1. The Kier molecular flexibility index (Phi) is 4.60. The van der Waals surface area contributed by atoms with Gasteiger partial charge >= 0.3 is 0 Å². The summed E-state index contributed by atoms with van der Waals surface area (Å²) >= 11 is 0. The van der Waals surface area contributed by atoms with Crippen molar-refractivity contribution in [2.75, 3.05) is 18.5 Å². The zero-order valence-electron chi connectivity index (χ0n) is 12.1. The van der Waals surface area contributed by atoms with E-state index in [4.69, 9.17) is 9.47 Å². The number of hydrogen-bond donors (Lipinski definition) is 1. The van der Waals surface area contributed by atoms with Crippen LogP contribution >= 0.6 is 0 Å². The molecule has 2 aromatic rings. The molecular formula is C16H17N3O3. The lowest BCUT2D eigenvalue weighted by atomic mass is 10.2. The van der Waals surface area contributed by atoms with Crippen LogP contribution in [0.25, 0.3) is 0 Å². The number of nitrogens with zero attached hydrogens (tertiary/aromatic N) is 2. The highest BCUT2D eigenvalue weighted by Gasteiger charge is 2.16. The Labute approximate surface area is 128 Å². The van der Waals surface area contributed by atoms with Crippen LogP contribution in [0.1, 0.15) is 23.3 Å². The number of benzene rings is 1. The average Bonchev–Trinajstić information content (AvgIpc) is 3.08. The molecular weight excluding hydrogens is 282 g/mol. The van der Waals surface area contributed by atoms with E-state index in [-0.39, 0.29) is 17.7 Å². The van der Waals surface area contributed by atoms with Gasteiger partial charge in [0.1, 0.15) is 18.1 Å². The molecule has 0 saturated carbocycles. The Hall–Kier alpha value is -2.47. The van der Waals surface area contributed by atoms with Crippen LogP contribution < -0.4 is 10.1 Å². The van der Waals surface area contributed by atoms with Gasteiger partial charge in [-0.05, 0) is 25.0 Å². The normalized spacial score (nSPS) is 17.2. The molecule has 6 heteroatoms.